The molecule has 1 N–H and O–H groups in total. The summed E-state index contributed by atoms with van der Waals surface area (Å²) in [5, 5.41) is 6.90. The Hall–Kier alpha value is -3.23. The van der Waals surface area contributed by atoms with Gasteiger partial charge in [0.25, 0.3) is 0 Å². The smallest absolute Gasteiger partial charge is 0.248 e. The first-order valence-electron chi connectivity index (χ1n) is 11.7. The van der Waals surface area contributed by atoms with Gasteiger partial charge in [-0.1, -0.05) is 47.1 Å². The maximum atomic E-state index is 13.5. The van der Waals surface area contributed by atoms with Crippen molar-refractivity contribution in [3.05, 3.63) is 76.2 Å². The predicted octanol–water partition coefficient (Wildman–Crippen LogP) is 5.12. The van der Waals surface area contributed by atoms with Crippen molar-refractivity contribution in [1.29, 1.82) is 0 Å². The van der Waals surface area contributed by atoms with Gasteiger partial charge >= 0.3 is 0 Å². The quantitative estimate of drug-likeness (QED) is 0.515. The van der Waals surface area contributed by atoms with Crippen LogP contribution in [0, 0.1) is 33.6 Å². The van der Waals surface area contributed by atoms with E-state index in [1.165, 1.54) is 4.31 Å². The number of aromatic nitrogens is 1. The molecule has 0 bridgehead atoms. The fraction of sp³-hybridized carbons (Fsp3) is 0.333. The number of carbonyl (C=O) groups excluding carboxylic acids is 1. The van der Waals surface area contributed by atoms with E-state index in [1.54, 1.807) is 13.0 Å². The molecule has 1 amide bonds. The zero-order chi connectivity index (χ0) is 25.2. The minimum Gasteiger partial charge on any atom is -0.355 e. The SMILES string of the molecule is Cc1ccc(/C=C/c2onc(C)c2S(=O)(=O)N2CCC(C(=O)Nc3cc(C)cc(C)c3)CC2)cc1. The molecule has 1 aromatic heterocycles. The molecule has 184 valence electrons. The summed E-state index contributed by atoms with van der Waals surface area (Å²) in [6.07, 6.45) is 4.35. The largest absolute Gasteiger partial charge is 0.355 e. The second-order valence-corrected chi connectivity index (χ2v) is 11.1. The Balaban J connectivity index is 1.45. The first-order chi connectivity index (χ1) is 16.6. The van der Waals surface area contributed by atoms with E-state index in [1.807, 2.05) is 63.2 Å². The van der Waals surface area contributed by atoms with Gasteiger partial charge in [-0.15, -0.1) is 0 Å². The molecule has 0 aliphatic carbocycles. The summed E-state index contributed by atoms with van der Waals surface area (Å²) in [6, 6.07) is 13.8. The van der Waals surface area contributed by atoms with Crippen LogP contribution in [-0.4, -0.2) is 36.9 Å². The number of rotatable bonds is 6. The molecular weight excluding hydrogens is 462 g/mol. The molecule has 4 rings (SSSR count). The van der Waals surface area contributed by atoms with Gasteiger partial charge in [0.15, 0.2) is 10.7 Å². The standard InChI is InChI=1S/C27H31N3O4S/c1-18-5-7-22(8-6-18)9-10-25-26(21(4)29-34-25)35(32,33)30-13-11-23(12-14-30)27(31)28-24-16-19(2)15-20(3)17-24/h5-10,15-17,23H,11-14H2,1-4H3,(H,28,31)/b10-9+. The van der Waals surface area contributed by atoms with Crippen LogP contribution >= 0.6 is 0 Å². The van der Waals surface area contributed by atoms with Gasteiger partial charge in [0.05, 0.1) is 0 Å². The van der Waals surface area contributed by atoms with Gasteiger partial charge < -0.3 is 9.84 Å². The molecule has 2 aromatic carbocycles. The van der Waals surface area contributed by atoms with Crippen LogP contribution in [0.4, 0.5) is 5.69 Å². The number of hydrogen-bond acceptors (Lipinski definition) is 5. The van der Waals surface area contributed by atoms with Gasteiger partial charge in [-0.25, -0.2) is 8.42 Å². The van der Waals surface area contributed by atoms with Crippen molar-refractivity contribution in [3.63, 3.8) is 0 Å². The number of sulfonamides is 1. The highest BCUT2D eigenvalue weighted by Gasteiger charge is 2.36. The van der Waals surface area contributed by atoms with E-state index < -0.39 is 10.0 Å². The van der Waals surface area contributed by atoms with Crippen molar-refractivity contribution >= 4 is 33.8 Å². The second-order valence-electron chi connectivity index (χ2n) is 9.25. The van der Waals surface area contributed by atoms with Gasteiger partial charge in [0, 0.05) is 24.7 Å². The van der Waals surface area contributed by atoms with E-state index >= 15 is 0 Å². The topological polar surface area (TPSA) is 92.5 Å². The summed E-state index contributed by atoms with van der Waals surface area (Å²) in [4.78, 5) is 12.9. The van der Waals surface area contributed by atoms with Crippen LogP contribution in [0.25, 0.3) is 12.2 Å². The van der Waals surface area contributed by atoms with Crippen LogP contribution in [-0.2, 0) is 14.8 Å². The molecule has 0 atom stereocenters. The van der Waals surface area contributed by atoms with Crippen LogP contribution in [0.2, 0.25) is 0 Å². The summed E-state index contributed by atoms with van der Waals surface area (Å²) >= 11 is 0. The molecule has 3 aromatic rings. The lowest BCUT2D eigenvalue weighted by Gasteiger charge is -2.30. The third-order valence-corrected chi connectivity index (χ3v) is 8.31. The lowest BCUT2D eigenvalue weighted by molar-refractivity contribution is -0.120. The maximum absolute atomic E-state index is 13.5. The average molecular weight is 494 g/mol. The van der Waals surface area contributed by atoms with E-state index in [4.69, 9.17) is 4.52 Å². The lowest BCUT2D eigenvalue weighted by Crippen LogP contribution is -2.41. The number of carbonyl (C=O) groups is 1. The monoisotopic (exact) mass is 493 g/mol. The third kappa shape index (κ3) is 5.71. The fourth-order valence-corrected chi connectivity index (χ4v) is 6.15. The zero-order valence-electron chi connectivity index (χ0n) is 20.5. The molecule has 0 unspecified atom stereocenters. The number of nitrogens with one attached hydrogen (secondary N) is 1. The minimum atomic E-state index is -3.82. The van der Waals surface area contributed by atoms with E-state index in [0.29, 0.717) is 18.5 Å². The Morgan fingerprint density at radius 3 is 2.23 bits per heavy atom. The van der Waals surface area contributed by atoms with Crippen LogP contribution in [0.5, 0.6) is 0 Å². The predicted molar refractivity (Wildman–Crippen MR) is 137 cm³/mol. The normalized spacial score (nSPS) is 15.5. The molecule has 2 heterocycles. The van der Waals surface area contributed by atoms with Gasteiger partial charge in [-0.05, 0) is 75.4 Å². The molecule has 8 heteroatoms. The van der Waals surface area contributed by atoms with E-state index in [9.17, 15) is 13.2 Å². The Morgan fingerprint density at radius 1 is 0.971 bits per heavy atom. The van der Waals surface area contributed by atoms with Crippen molar-refractivity contribution in [2.75, 3.05) is 18.4 Å². The van der Waals surface area contributed by atoms with Crippen molar-refractivity contribution in [1.82, 2.24) is 9.46 Å². The molecule has 7 nitrogen and oxygen atoms in total. The number of benzene rings is 2. The molecular formula is C27H31N3O4S. The Kier molecular flexibility index (Phi) is 7.23. The summed E-state index contributed by atoms with van der Waals surface area (Å²) < 4.78 is 33.7. The van der Waals surface area contributed by atoms with Crippen LogP contribution in [0.15, 0.2) is 51.9 Å². The van der Waals surface area contributed by atoms with Gasteiger partial charge in [0.2, 0.25) is 15.9 Å². The minimum absolute atomic E-state index is 0.0741. The second kappa shape index (κ2) is 10.2. The Bertz CT molecular complexity index is 1330. The van der Waals surface area contributed by atoms with E-state index in [2.05, 4.69) is 16.5 Å². The average Bonchev–Trinajstić information content (AvgIpc) is 3.19. The van der Waals surface area contributed by atoms with Gasteiger partial charge in [-0.2, -0.15) is 4.31 Å². The number of anilines is 1. The summed E-state index contributed by atoms with van der Waals surface area (Å²) in [5.74, 6) is -0.112. The number of hydrogen-bond donors (Lipinski definition) is 1. The first-order valence-corrected chi connectivity index (χ1v) is 13.2. The summed E-state index contributed by atoms with van der Waals surface area (Å²) in [7, 11) is -3.82. The highest BCUT2D eigenvalue weighted by atomic mass is 32.2. The number of piperidine rings is 1. The Labute approximate surface area is 206 Å². The summed E-state index contributed by atoms with van der Waals surface area (Å²) in [5.41, 5.74) is 5.33. The molecule has 0 saturated carbocycles. The van der Waals surface area contributed by atoms with Crippen molar-refractivity contribution in [2.24, 2.45) is 5.92 Å². The van der Waals surface area contributed by atoms with E-state index in [-0.39, 0.29) is 35.6 Å². The highest BCUT2D eigenvalue weighted by molar-refractivity contribution is 7.89. The van der Waals surface area contributed by atoms with Crippen LogP contribution < -0.4 is 5.32 Å². The molecule has 0 spiro atoms. The van der Waals surface area contributed by atoms with E-state index in [0.717, 1.165) is 27.9 Å². The molecule has 1 fully saturated rings. The first kappa shape index (κ1) is 24.9. The van der Waals surface area contributed by atoms with Crippen molar-refractivity contribution in [2.45, 2.75) is 45.4 Å². The summed E-state index contributed by atoms with van der Waals surface area (Å²) in [6.45, 7) is 8.14. The van der Waals surface area contributed by atoms with Crippen molar-refractivity contribution < 1.29 is 17.7 Å². The highest BCUT2D eigenvalue weighted by Crippen LogP contribution is 2.30. The number of nitrogens with zero attached hydrogens (tertiary/aromatic N) is 2. The van der Waals surface area contributed by atoms with Crippen LogP contribution in [0.1, 0.15) is 46.5 Å². The molecule has 35 heavy (non-hydrogen) atoms. The molecule has 1 aliphatic rings. The fourth-order valence-electron chi connectivity index (χ4n) is 4.43. The van der Waals surface area contributed by atoms with Crippen LogP contribution in [0.3, 0.4) is 0 Å². The maximum Gasteiger partial charge on any atom is 0.248 e. The molecule has 1 aliphatic heterocycles. The zero-order valence-corrected chi connectivity index (χ0v) is 21.4. The molecule has 1 saturated heterocycles. The Morgan fingerprint density at radius 2 is 1.60 bits per heavy atom. The number of amides is 1. The van der Waals surface area contributed by atoms with Gasteiger partial charge in [0.1, 0.15) is 5.69 Å². The third-order valence-electron chi connectivity index (χ3n) is 6.25. The number of aryl methyl sites for hydroxylation is 4. The van der Waals surface area contributed by atoms with Gasteiger partial charge in [-0.3, -0.25) is 4.79 Å². The molecule has 0 radical (unpaired) electrons. The lowest BCUT2D eigenvalue weighted by atomic mass is 9.97. The van der Waals surface area contributed by atoms with Crippen molar-refractivity contribution in [3.8, 4) is 0 Å².